The van der Waals surface area contributed by atoms with Crippen LogP contribution in [-0.4, -0.2) is 17.6 Å². The predicted molar refractivity (Wildman–Crippen MR) is 41.5 cm³/mol. The summed E-state index contributed by atoms with van der Waals surface area (Å²) >= 11 is 0. The van der Waals surface area contributed by atoms with Crippen molar-refractivity contribution < 1.29 is 0 Å². The Kier molecular flexibility index (Phi) is 1.53. The molecule has 0 nitrogen and oxygen atoms in total. The molecule has 0 aromatic rings. The maximum absolute atomic E-state index is 3.82. The summed E-state index contributed by atoms with van der Waals surface area (Å²) in [6, 6.07) is 0. The van der Waals surface area contributed by atoms with E-state index >= 15 is 0 Å². The van der Waals surface area contributed by atoms with E-state index in [4.69, 9.17) is 0 Å². The molecule has 0 bridgehead atoms. The van der Waals surface area contributed by atoms with Crippen LogP contribution in [0.5, 0.6) is 0 Å². The number of hydrogen-bond donors (Lipinski definition) is 0. The van der Waals surface area contributed by atoms with Crippen molar-refractivity contribution in [2.24, 2.45) is 0 Å². The molecule has 1 fully saturated rings. The van der Waals surface area contributed by atoms with Crippen LogP contribution in [0.1, 0.15) is 0 Å². The van der Waals surface area contributed by atoms with Crippen LogP contribution in [-0.2, 0) is 0 Å². The third-order valence-electron chi connectivity index (χ3n) is 1.72. The molecule has 0 atom stereocenters. The van der Waals surface area contributed by atoms with E-state index in [0.29, 0.717) is 0 Å². The Bertz CT molecular complexity index is 104. The zero-order valence-electron chi connectivity index (χ0n) is 4.98. The van der Waals surface area contributed by atoms with Gasteiger partial charge in [0.1, 0.15) is 0 Å². The van der Waals surface area contributed by atoms with Crippen LogP contribution >= 0.6 is 0 Å². The zero-order valence-corrected chi connectivity index (χ0v) is 6.98. The Morgan fingerprint density at radius 2 is 1.75 bits per heavy atom. The molecule has 1 rings (SSSR count). The van der Waals surface area contributed by atoms with Gasteiger partial charge in [-0.3, -0.25) is 0 Å². The normalized spacial score (nSPS) is 23.5. The quantitative estimate of drug-likeness (QED) is 0.508. The molecular formula is C6H10Si2. The van der Waals surface area contributed by atoms with E-state index in [9.17, 15) is 0 Å². The van der Waals surface area contributed by atoms with Crippen molar-refractivity contribution in [3.8, 4) is 0 Å². The molecule has 2 radical (unpaired) electrons. The van der Waals surface area contributed by atoms with E-state index in [1.807, 2.05) is 0 Å². The predicted octanol–water partition coefficient (Wildman–Crippen LogP) is 1.52. The Balaban J connectivity index is 2.57. The van der Waals surface area contributed by atoms with Crippen LogP contribution in [0.2, 0.25) is 11.3 Å². The van der Waals surface area contributed by atoms with E-state index in [0.717, 1.165) is 0 Å². The average Bonchev–Trinajstić information content (AvgIpc) is 1.67. The Morgan fingerprint density at radius 1 is 1.25 bits per heavy atom. The largest absolute Gasteiger partial charge is 0.107 e. The van der Waals surface area contributed by atoms with Crippen LogP contribution < -0.4 is 0 Å². The molecule has 0 unspecified atom stereocenters. The lowest BCUT2D eigenvalue weighted by molar-refractivity contribution is 1.56. The van der Waals surface area contributed by atoms with E-state index in [-0.39, 0.29) is 0 Å². The highest BCUT2D eigenvalue weighted by Crippen LogP contribution is 2.26. The minimum Gasteiger partial charge on any atom is -0.107 e. The highest BCUT2D eigenvalue weighted by Gasteiger charge is 2.33. The summed E-state index contributed by atoms with van der Waals surface area (Å²) in [5, 5.41) is 0. The monoisotopic (exact) mass is 138 g/mol. The van der Waals surface area contributed by atoms with Crippen molar-refractivity contribution in [2.75, 3.05) is 0 Å². The molecule has 1 heterocycles. The van der Waals surface area contributed by atoms with Gasteiger partial charge < -0.3 is 0 Å². The maximum Gasteiger partial charge on any atom is 0.0943 e. The van der Waals surface area contributed by atoms with Gasteiger partial charge >= 0.3 is 0 Å². The molecule has 1 aliphatic rings. The molecular weight excluding hydrogens is 128 g/mol. The molecule has 1 saturated heterocycles. The summed E-state index contributed by atoms with van der Waals surface area (Å²) in [5.41, 5.74) is 7.19. The van der Waals surface area contributed by atoms with Gasteiger partial charge in [-0.05, 0) is 0 Å². The maximum atomic E-state index is 3.82. The Labute approximate surface area is 54.1 Å². The van der Waals surface area contributed by atoms with Crippen LogP contribution in [0.4, 0.5) is 0 Å². The van der Waals surface area contributed by atoms with Crippen molar-refractivity contribution in [1.29, 1.82) is 0 Å². The van der Waals surface area contributed by atoms with Gasteiger partial charge in [0.2, 0.25) is 0 Å². The molecule has 0 amide bonds. The van der Waals surface area contributed by atoms with Crippen molar-refractivity contribution in [3.63, 3.8) is 0 Å². The van der Waals surface area contributed by atoms with Gasteiger partial charge in [-0.25, -0.2) is 0 Å². The van der Waals surface area contributed by atoms with Gasteiger partial charge in [-0.2, -0.15) is 0 Å². The number of hydrogen-bond acceptors (Lipinski definition) is 0. The van der Waals surface area contributed by atoms with E-state index < -0.39 is 8.07 Å². The second-order valence-corrected chi connectivity index (χ2v) is 8.86. The summed E-state index contributed by atoms with van der Waals surface area (Å²) < 4.78 is 0. The zero-order chi connectivity index (χ0) is 6.04. The lowest BCUT2D eigenvalue weighted by atomic mass is 11.2. The first kappa shape index (κ1) is 6.04. The molecule has 0 aliphatic carbocycles. The Morgan fingerprint density at radius 3 is 1.75 bits per heavy atom. The summed E-state index contributed by atoms with van der Waals surface area (Å²) in [4.78, 5) is 0. The van der Waals surface area contributed by atoms with E-state index in [1.165, 1.54) is 20.9 Å². The lowest BCUT2D eigenvalue weighted by Gasteiger charge is -2.32. The highest BCUT2D eigenvalue weighted by atomic mass is 28.4. The fourth-order valence-electron chi connectivity index (χ4n) is 0.786. The molecule has 0 spiro atoms. The van der Waals surface area contributed by atoms with Gasteiger partial charge in [0.15, 0.2) is 0 Å². The van der Waals surface area contributed by atoms with Crippen molar-refractivity contribution in [1.82, 2.24) is 0 Å². The third kappa shape index (κ3) is 0.738. The molecule has 8 heavy (non-hydrogen) atoms. The van der Waals surface area contributed by atoms with Gasteiger partial charge in [0.05, 0.1) is 8.07 Å². The second kappa shape index (κ2) is 2.03. The molecule has 0 N–H and O–H groups in total. The van der Waals surface area contributed by atoms with E-state index in [1.54, 1.807) is 0 Å². The third-order valence-corrected chi connectivity index (χ3v) is 10.6. The van der Waals surface area contributed by atoms with Crippen LogP contribution in [0.15, 0.2) is 24.6 Å². The topological polar surface area (TPSA) is 0 Å². The van der Waals surface area contributed by atoms with Crippen molar-refractivity contribution in [2.45, 2.75) is 11.3 Å². The summed E-state index contributed by atoms with van der Waals surface area (Å²) in [5.74, 6) is 0. The molecule has 0 saturated carbocycles. The standard InChI is InChI=1S/C6H10Si2/c1-3-8(4-2)5-7-6-8/h3-4H,1-2,5-6H2. The average molecular weight is 138 g/mol. The minimum atomic E-state index is -0.951. The second-order valence-electron chi connectivity index (χ2n) is 2.24. The van der Waals surface area contributed by atoms with Gasteiger partial charge in [0, 0.05) is 9.52 Å². The fraction of sp³-hybridized carbons (Fsp3) is 0.333. The summed E-state index contributed by atoms with van der Waals surface area (Å²) in [6.45, 7) is 7.64. The van der Waals surface area contributed by atoms with E-state index in [2.05, 4.69) is 24.6 Å². The van der Waals surface area contributed by atoms with Gasteiger partial charge in [0.25, 0.3) is 0 Å². The van der Waals surface area contributed by atoms with Gasteiger partial charge in [-0.1, -0.05) is 22.7 Å². The van der Waals surface area contributed by atoms with Crippen molar-refractivity contribution in [3.05, 3.63) is 24.6 Å². The van der Waals surface area contributed by atoms with Gasteiger partial charge in [-0.15, -0.1) is 13.2 Å². The highest BCUT2D eigenvalue weighted by molar-refractivity contribution is 7.05. The lowest BCUT2D eigenvalue weighted by Crippen LogP contribution is -2.42. The SMILES string of the molecule is C=C[Si]1(C=C)C[Si]C1. The number of rotatable bonds is 2. The van der Waals surface area contributed by atoms with Crippen LogP contribution in [0, 0.1) is 0 Å². The van der Waals surface area contributed by atoms with Crippen LogP contribution in [0.25, 0.3) is 0 Å². The molecule has 1 aliphatic heterocycles. The van der Waals surface area contributed by atoms with Crippen LogP contribution in [0.3, 0.4) is 0 Å². The summed E-state index contributed by atoms with van der Waals surface area (Å²) in [6.07, 6.45) is 0. The first-order valence-electron chi connectivity index (χ1n) is 2.81. The first-order valence-corrected chi connectivity index (χ1v) is 6.79. The molecule has 0 aromatic carbocycles. The van der Waals surface area contributed by atoms with Crippen molar-refractivity contribution >= 4 is 17.6 Å². The first-order chi connectivity index (χ1) is 3.83. The Hall–Kier alpha value is -0.0862. The summed E-state index contributed by atoms with van der Waals surface area (Å²) in [7, 11) is 0.255. The fourth-order valence-corrected chi connectivity index (χ4v) is 6.57. The molecule has 2 heteroatoms. The molecule has 42 valence electrons. The minimum absolute atomic E-state index is 0.951. The molecule has 0 aromatic heterocycles. The smallest absolute Gasteiger partial charge is 0.0943 e.